The van der Waals surface area contributed by atoms with Gasteiger partial charge in [-0.1, -0.05) is 78.5 Å². The van der Waals surface area contributed by atoms with Crippen LogP contribution in [0.25, 0.3) is 0 Å². The lowest BCUT2D eigenvalue weighted by Crippen LogP contribution is -1.63. The summed E-state index contributed by atoms with van der Waals surface area (Å²) in [5.74, 6) is 0. The summed E-state index contributed by atoms with van der Waals surface area (Å²) < 4.78 is 0. The highest BCUT2D eigenvalue weighted by atomic mass is 13.8. The van der Waals surface area contributed by atoms with Gasteiger partial charge in [0.2, 0.25) is 0 Å². The number of allylic oxidation sites excluding steroid dienone is 5. The van der Waals surface area contributed by atoms with Crippen molar-refractivity contribution < 1.29 is 0 Å². The largest absolute Gasteiger partial charge is 0.0991 e. The molecule has 0 unspecified atom stereocenters. The van der Waals surface area contributed by atoms with Crippen molar-refractivity contribution in [2.24, 2.45) is 0 Å². The highest BCUT2D eigenvalue weighted by Crippen LogP contribution is 1.95. The molecule has 0 N–H and O–H groups in total. The van der Waals surface area contributed by atoms with E-state index in [0.29, 0.717) is 0 Å². The molecule has 0 heteroatoms. The molecule has 0 bridgehead atoms. The molecule has 0 aromatic heterocycles. The molecule has 0 saturated heterocycles. The third-order valence-electron chi connectivity index (χ3n) is 0.997. The number of hydrogen-bond donors (Lipinski definition) is 0. The second-order valence-corrected chi connectivity index (χ2v) is 1.96. The third kappa shape index (κ3) is 30.3. The zero-order chi connectivity index (χ0) is 11.1. The first kappa shape index (κ1) is 23.2. The first-order valence-electron chi connectivity index (χ1n) is 5.27. The lowest BCUT2D eigenvalue weighted by molar-refractivity contribution is 1.22. The molecule has 0 radical (unpaired) electrons. The summed E-state index contributed by atoms with van der Waals surface area (Å²) in [7, 11) is 0. The maximum atomic E-state index is 3.60. The minimum Gasteiger partial charge on any atom is -0.0991 e. The molecule has 0 heterocycles. The molecule has 0 rings (SSSR count). The Morgan fingerprint density at radius 1 is 1.14 bits per heavy atom. The van der Waals surface area contributed by atoms with Crippen LogP contribution in [0.5, 0.6) is 0 Å². The normalized spacial score (nSPS) is 8.86. The fourth-order valence-electron chi connectivity index (χ4n) is 0.545. The fraction of sp³-hybridized carbons (Fsp3) is 0.571. The standard InChI is InChI=1S/C9H14.2C2H6.CH4/c1-4-6-8-9(3)7-5-2;2*1-2;/h5-8H,2,4H2,1,3H3;2*1-2H3;1H4/b8-6-,9-7-;;;. The van der Waals surface area contributed by atoms with Gasteiger partial charge in [0.1, 0.15) is 0 Å². The van der Waals surface area contributed by atoms with Crippen LogP contribution in [-0.2, 0) is 0 Å². The van der Waals surface area contributed by atoms with Crippen LogP contribution in [0.1, 0.15) is 55.4 Å². The summed E-state index contributed by atoms with van der Waals surface area (Å²) >= 11 is 0. The Balaban J connectivity index is -0.0000000883. The molecule has 0 nitrogen and oxygen atoms in total. The van der Waals surface area contributed by atoms with Crippen LogP contribution in [0, 0.1) is 0 Å². The first-order chi connectivity index (χ1) is 6.31. The number of rotatable bonds is 3. The van der Waals surface area contributed by atoms with Crippen molar-refractivity contribution in [3.05, 3.63) is 36.5 Å². The Morgan fingerprint density at radius 2 is 1.57 bits per heavy atom. The van der Waals surface area contributed by atoms with E-state index in [9.17, 15) is 0 Å². The molecule has 0 aromatic carbocycles. The summed E-state index contributed by atoms with van der Waals surface area (Å²) in [6, 6.07) is 0. The SMILES string of the molecule is C.C=C/C=C(C)\C=C/CC.CC.CC. The summed E-state index contributed by atoms with van der Waals surface area (Å²) in [6.07, 6.45) is 9.13. The summed E-state index contributed by atoms with van der Waals surface area (Å²) in [4.78, 5) is 0. The highest BCUT2D eigenvalue weighted by molar-refractivity contribution is 5.20. The van der Waals surface area contributed by atoms with E-state index in [0.717, 1.165) is 6.42 Å². The van der Waals surface area contributed by atoms with Crippen molar-refractivity contribution in [3.8, 4) is 0 Å². The zero-order valence-corrected chi connectivity index (χ0v) is 10.2. The van der Waals surface area contributed by atoms with Crippen LogP contribution in [-0.4, -0.2) is 0 Å². The van der Waals surface area contributed by atoms with E-state index in [4.69, 9.17) is 0 Å². The highest BCUT2D eigenvalue weighted by Gasteiger charge is 1.73. The van der Waals surface area contributed by atoms with Gasteiger partial charge in [-0.25, -0.2) is 0 Å². The minimum absolute atomic E-state index is 0. The molecule has 0 spiro atoms. The summed E-state index contributed by atoms with van der Waals surface area (Å²) in [5.41, 5.74) is 1.26. The molecule has 0 saturated carbocycles. The maximum Gasteiger partial charge on any atom is -0.0376 e. The quantitative estimate of drug-likeness (QED) is 0.505. The van der Waals surface area contributed by atoms with E-state index in [2.05, 4.69) is 32.6 Å². The van der Waals surface area contributed by atoms with Crippen molar-refractivity contribution in [1.82, 2.24) is 0 Å². The zero-order valence-electron chi connectivity index (χ0n) is 10.2. The van der Waals surface area contributed by atoms with Gasteiger partial charge < -0.3 is 0 Å². The Bertz CT molecular complexity index is 127. The van der Waals surface area contributed by atoms with Crippen molar-refractivity contribution in [1.29, 1.82) is 0 Å². The average Bonchev–Trinajstić information content (AvgIpc) is 2.21. The van der Waals surface area contributed by atoms with Gasteiger partial charge in [-0.3, -0.25) is 0 Å². The van der Waals surface area contributed by atoms with Crippen LogP contribution >= 0.6 is 0 Å². The second-order valence-electron chi connectivity index (χ2n) is 1.96. The van der Waals surface area contributed by atoms with E-state index in [1.807, 2.05) is 33.8 Å². The molecule has 14 heavy (non-hydrogen) atoms. The summed E-state index contributed by atoms with van der Waals surface area (Å²) in [5, 5.41) is 0. The van der Waals surface area contributed by atoms with Crippen LogP contribution in [0.4, 0.5) is 0 Å². The monoisotopic (exact) mass is 198 g/mol. The van der Waals surface area contributed by atoms with Gasteiger partial charge in [0.15, 0.2) is 0 Å². The van der Waals surface area contributed by atoms with Crippen molar-refractivity contribution in [2.45, 2.75) is 55.4 Å². The molecular formula is C14H30. The van der Waals surface area contributed by atoms with Crippen LogP contribution in [0.15, 0.2) is 36.5 Å². The second kappa shape index (κ2) is 29.5. The van der Waals surface area contributed by atoms with E-state index >= 15 is 0 Å². The third-order valence-corrected chi connectivity index (χ3v) is 0.997. The van der Waals surface area contributed by atoms with Crippen LogP contribution in [0.2, 0.25) is 0 Å². The number of hydrogen-bond acceptors (Lipinski definition) is 0. The van der Waals surface area contributed by atoms with Gasteiger partial charge in [0, 0.05) is 0 Å². The van der Waals surface area contributed by atoms with Crippen molar-refractivity contribution in [2.75, 3.05) is 0 Å². The van der Waals surface area contributed by atoms with Crippen LogP contribution < -0.4 is 0 Å². The fourth-order valence-corrected chi connectivity index (χ4v) is 0.545. The molecule has 0 aliphatic rings. The Kier molecular flexibility index (Phi) is 49.0. The molecule has 0 amide bonds. The van der Waals surface area contributed by atoms with Gasteiger partial charge in [0.25, 0.3) is 0 Å². The van der Waals surface area contributed by atoms with Crippen molar-refractivity contribution in [3.63, 3.8) is 0 Å². The predicted molar refractivity (Wildman–Crippen MR) is 72.8 cm³/mol. The molecule has 0 aromatic rings. The van der Waals surface area contributed by atoms with Gasteiger partial charge in [-0.15, -0.1) is 0 Å². The molecule has 86 valence electrons. The smallest absolute Gasteiger partial charge is 0.0376 e. The van der Waals surface area contributed by atoms with E-state index in [1.165, 1.54) is 5.57 Å². The Hall–Kier alpha value is -0.780. The molecule has 0 aliphatic carbocycles. The molecule has 0 fully saturated rings. The van der Waals surface area contributed by atoms with Gasteiger partial charge in [-0.2, -0.15) is 0 Å². The maximum absolute atomic E-state index is 3.60. The Morgan fingerprint density at radius 3 is 1.86 bits per heavy atom. The van der Waals surface area contributed by atoms with Gasteiger partial charge >= 0.3 is 0 Å². The Labute approximate surface area is 92.4 Å². The lowest BCUT2D eigenvalue weighted by atomic mass is 10.2. The van der Waals surface area contributed by atoms with Gasteiger partial charge in [0.05, 0.1) is 0 Å². The van der Waals surface area contributed by atoms with Crippen LogP contribution in [0.3, 0.4) is 0 Å². The minimum atomic E-state index is 0. The average molecular weight is 198 g/mol. The lowest BCUT2D eigenvalue weighted by Gasteiger charge is -1.84. The molecular weight excluding hydrogens is 168 g/mol. The predicted octanol–water partition coefficient (Wildman–Crippen LogP) is 5.77. The first-order valence-corrected chi connectivity index (χ1v) is 5.27. The molecule has 0 atom stereocenters. The van der Waals surface area contributed by atoms with E-state index in [1.54, 1.807) is 6.08 Å². The van der Waals surface area contributed by atoms with Crippen molar-refractivity contribution >= 4 is 0 Å². The topological polar surface area (TPSA) is 0 Å². The van der Waals surface area contributed by atoms with Gasteiger partial charge in [-0.05, 0) is 13.3 Å². The molecule has 0 aliphatic heterocycles. The summed E-state index contributed by atoms with van der Waals surface area (Å²) in [6.45, 7) is 15.8. The van der Waals surface area contributed by atoms with E-state index in [-0.39, 0.29) is 7.43 Å². The van der Waals surface area contributed by atoms with E-state index < -0.39 is 0 Å².